The standard InChI is InChI=1S/C19H25N5O.2ClH/c1-21-10-8-20-19(21)23-13-11-22(12-14-23)15-18(25)24-9-4-6-16-5-2-3-7-17(16)24;;/h2-3,5,7-8,10H,4,6,9,11-15H2,1H3;2*1H. The van der Waals surface area contributed by atoms with Crippen LogP contribution in [-0.2, 0) is 18.3 Å². The average Bonchev–Trinajstić information content (AvgIpc) is 3.08. The maximum atomic E-state index is 12.8. The molecule has 8 heteroatoms. The lowest BCUT2D eigenvalue weighted by atomic mass is 10.0. The van der Waals surface area contributed by atoms with Gasteiger partial charge >= 0.3 is 0 Å². The SMILES string of the molecule is Cl.Cl.Cn1ccnc1N1CCN(CC(=O)N2CCCc3ccccc32)CC1. The van der Waals surface area contributed by atoms with Gasteiger partial charge in [0.15, 0.2) is 0 Å². The Labute approximate surface area is 173 Å². The zero-order chi connectivity index (χ0) is 17.2. The summed E-state index contributed by atoms with van der Waals surface area (Å²) in [4.78, 5) is 23.8. The van der Waals surface area contributed by atoms with E-state index in [0.29, 0.717) is 6.54 Å². The van der Waals surface area contributed by atoms with E-state index in [1.807, 2.05) is 35.0 Å². The molecule has 0 unspecified atom stereocenters. The van der Waals surface area contributed by atoms with Crippen LogP contribution in [0.25, 0.3) is 0 Å². The first-order chi connectivity index (χ1) is 12.2. The molecule has 0 atom stereocenters. The zero-order valence-electron chi connectivity index (χ0n) is 15.6. The van der Waals surface area contributed by atoms with Gasteiger partial charge in [-0.3, -0.25) is 9.69 Å². The Bertz CT molecular complexity index is 758. The van der Waals surface area contributed by atoms with Gasteiger partial charge in [0.2, 0.25) is 11.9 Å². The number of halogens is 2. The summed E-state index contributed by atoms with van der Waals surface area (Å²) in [6.07, 6.45) is 5.93. The third-order valence-corrected chi connectivity index (χ3v) is 5.22. The number of piperazine rings is 1. The van der Waals surface area contributed by atoms with Crippen molar-refractivity contribution in [3.8, 4) is 0 Å². The van der Waals surface area contributed by atoms with Crippen molar-refractivity contribution in [3.63, 3.8) is 0 Å². The first-order valence-electron chi connectivity index (χ1n) is 9.05. The molecular formula is C19H27Cl2N5O. The first kappa shape index (κ1) is 21.5. The molecule has 0 N–H and O–H groups in total. The molecule has 2 aliphatic heterocycles. The molecular weight excluding hydrogens is 385 g/mol. The minimum absolute atomic E-state index is 0. The van der Waals surface area contributed by atoms with Crippen molar-refractivity contribution >= 4 is 42.4 Å². The topological polar surface area (TPSA) is 44.6 Å². The van der Waals surface area contributed by atoms with E-state index in [0.717, 1.165) is 57.2 Å². The molecule has 3 heterocycles. The van der Waals surface area contributed by atoms with E-state index in [1.54, 1.807) is 0 Å². The number of amides is 1. The lowest BCUT2D eigenvalue weighted by molar-refractivity contribution is -0.119. The highest BCUT2D eigenvalue weighted by Gasteiger charge is 2.26. The predicted molar refractivity (Wildman–Crippen MR) is 113 cm³/mol. The van der Waals surface area contributed by atoms with Crippen LogP contribution in [-0.4, -0.2) is 59.6 Å². The number of aromatic nitrogens is 2. The summed E-state index contributed by atoms with van der Waals surface area (Å²) in [5, 5.41) is 0. The van der Waals surface area contributed by atoms with Gasteiger partial charge in [-0.2, -0.15) is 0 Å². The van der Waals surface area contributed by atoms with E-state index in [9.17, 15) is 4.79 Å². The summed E-state index contributed by atoms with van der Waals surface area (Å²) in [5.41, 5.74) is 2.40. The van der Waals surface area contributed by atoms with Crippen LogP contribution in [0.5, 0.6) is 0 Å². The Morgan fingerprint density at radius 3 is 2.52 bits per heavy atom. The van der Waals surface area contributed by atoms with Crippen LogP contribution in [0.1, 0.15) is 12.0 Å². The van der Waals surface area contributed by atoms with Crippen LogP contribution in [0.4, 0.5) is 11.6 Å². The molecule has 1 fully saturated rings. The van der Waals surface area contributed by atoms with Crippen molar-refractivity contribution in [3.05, 3.63) is 42.2 Å². The first-order valence-corrected chi connectivity index (χ1v) is 9.05. The number of hydrogen-bond acceptors (Lipinski definition) is 4. The fourth-order valence-electron chi connectivity index (χ4n) is 3.84. The molecule has 0 bridgehead atoms. The number of hydrogen-bond donors (Lipinski definition) is 0. The fourth-order valence-corrected chi connectivity index (χ4v) is 3.84. The number of rotatable bonds is 3. The summed E-state index contributed by atoms with van der Waals surface area (Å²) in [5.74, 6) is 1.23. The maximum absolute atomic E-state index is 12.8. The molecule has 1 saturated heterocycles. The molecule has 6 nitrogen and oxygen atoms in total. The number of carbonyl (C=O) groups excluding carboxylic acids is 1. The molecule has 27 heavy (non-hydrogen) atoms. The Hall–Kier alpha value is -1.76. The molecule has 1 aromatic heterocycles. The van der Waals surface area contributed by atoms with Gasteiger partial charge in [-0.05, 0) is 24.5 Å². The van der Waals surface area contributed by atoms with Crippen molar-refractivity contribution in [1.29, 1.82) is 0 Å². The van der Waals surface area contributed by atoms with Crippen LogP contribution in [0.15, 0.2) is 36.7 Å². The molecule has 0 radical (unpaired) electrons. The Kier molecular flexibility index (Phi) is 7.53. The number of fused-ring (bicyclic) bond motifs is 1. The number of para-hydroxylation sites is 1. The Balaban J connectivity index is 0.00000131. The quantitative estimate of drug-likeness (QED) is 0.777. The Morgan fingerprint density at radius 1 is 1.07 bits per heavy atom. The zero-order valence-corrected chi connectivity index (χ0v) is 17.2. The fraction of sp³-hybridized carbons (Fsp3) is 0.474. The van der Waals surface area contributed by atoms with Gasteiger partial charge in [-0.1, -0.05) is 18.2 Å². The highest BCUT2D eigenvalue weighted by Crippen LogP contribution is 2.26. The van der Waals surface area contributed by atoms with Crippen LogP contribution in [0.2, 0.25) is 0 Å². The van der Waals surface area contributed by atoms with Crippen molar-refractivity contribution in [2.75, 3.05) is 49.1 Å². The van der Waals surface area contributed by atoms with Crippen LogP contribution in [0, 0.1) is 0 Å². The number of anilines is 2. The molecule has 148 valence electrons. The van der Waals surface area contributed by atoms with E-state index in [-0.39, 0.29) is 30.7 Å². The molecule has 4 rings (SSSR count). The lowest BCUT2D eigenvalue weighted by Crippen LogP contribution is -2.51. The average molecular weight is 412 g/mol. The number of nitrogens with zero attached hydrogens (tertiary/aromatic N) is 5. The summed E-state index contributed by atoms with van der Waals surface area (Å²) in [7, 11) is 2.02. The van der Waals surface area contributed by atoms with Gasteiger partial charge in [0.25, 0.3) is 0 Å². The van der Waals surface area contributed by atoms with Crippen LogP contribution in [0.3, 0.4) is 0 Å². The molecule has 0 aliphatic carbocycles. The van der Waals surface area contributed by atoms with E-state index >= 15 is 0 Å². The second kappa shape index (κ2) is 9.44. The van der Waals surface area contributed by atoms with Crippen LogP contribution < -0.4 is 9.80 Å². The van der Waals surface area contributed by atoms with E-state index in [2.05, 4.69) is 33.0 Å². The van der Waals surface area contributed by atoms with Crippen molar-refractivity contribution < 1.29 is 4.79 Å². The van der Waals surface area contributed by atoms with Gasteiger partial charge < -0.3 is 14.4 Å². The molecule has 0 saturated carbocycles. The summed E-state index contributed by atoms with van der Waals surface area (Å²) in [6.45, 7) is 4.96. The van der Waals surface area contributed by atoms with Crippen molar-refractivity contribution in [1.82, 2.24) is 14.5 Å². The molecule has 1 aromatic carbocycles. The minimum Gasteiger partial charge on any atom is -0.340 e. The molecule has 2 aromatic rings. The van der Waals surface area contributed by atoms with Gasteiger partial charge in [-0.25, -0.2) is 4.98 Å². The van der Waals surface area contributed by atoms with Crippen LogP contribution >= 0.6 is 24.8 Å². The monoisotopic (exact) mass is 411 g/mol. The Morgan fingerprint density at radius 2 is 1.81 bits per heavy atom. The molecule has 2 aliphatic rings. The molecule has 0 spiro atoms. The number of aryl methyl sites for hydroxylation is 2. The minimum atomic E-state index is 0. The number of carbonyl (C=O) groups is 1. The largest absolute Gasteiger partial charge is 0.340 e. The van der Waals surface area contributed by atoms with E-state index < -0.39 is 0 Å². The van der Waals surface area contributed by atoms with E-state index in [4.69, 9.17) is 0 Å². The second-order valence-electron chi connectivity index (χ2n) is 6.88. The maximum Gasteiger partial charge on any atom is 0.241 e. The predicted octanol–water partition coefficient (Wildman–Crippen LogP) is 2.37. The van der Waals surface area contributed by atoms with E-state index in [1.165, 1.54) is 5.56 Å². The third-order valence-electron chi connectivity index (χ3n) is 5.22. The number of benzene rings is 1. The van der Waals surface area contributed by atoms with Crippen molar-refractivity contribution in [2.24, 2.45) is 7.05 Å². The van der Waals surface area contributed by atoms with Gasteiger partial charge in [0, 0.05) is 57.9 Å². The van der Waals surface area contributed by atoms with Gasteiger partial charge in [-0.15, -0.1) is 24.8 Å². The van der Waals surface area contributed by atoms with Gasteiger partial charge in [0.1, 0.15) is 0 Å². The van der Waals surface area contributed by atoms with Crippen molar-refractivity contribution in [2.45, 2.75) is 12.8 Å². The normalized spacial score (nSPS) is 16.9. The molecule has 1 amide bonds. The second-order valence-corrected chi connectivity index (χ2v) is 6.88. The van der Waals surface area contributed by atoms with Gasteiger partial charge in [0.05, 0.1) is 6.54 Å². The number of imidazole rings is 1. The summed E-state index contributed by atoms with van der Waals surface area (Å²) >= 11 is 0. The third kappa shape index (κ3) is 4.57. The lowest BCUT2D eigenvalue weighted by Gasteiger charge is -2.36. The highest BCUT2D eigenvalue weighted by molar-refractivity contribution is 5.96. The highest BCUT2D eigenvalue weighted by atomic mass is 35.5. The smallest absolute Gasteiger partial charge is 0.241 e. The summed E-state index contributed by atoms with van der Waals surface area (Å²) in [6, 6.07) is 8.30. The summed E-state index contributed by atoms with van der Waals surface area (Å²) < 4.78 is 2.05.